The first-order valence-electron chi connectivity index (χ1n) is 7.02. The molecule has 1 unspecified atom stereocenters. The van der Waals surface area contributed by atoms with Crippen LogP contribution in [0, 0.1) is 5.82 Å². The lowest BCUT2D eigenvalue weighted by molar-refractivity contribution is 0.188. The smallest absolute Gasteiger partial charge is 0.192 e. The van der Waals surface area contributed by atoms with Crippen molar-refractivity contribution >= 4 is 17.3 Å². The Bertz CT molecular complexity index is 636. The van der Waals surface area contributed by atoms with Crippen molar-refractivity contribution < 1.29 is 4.39 Å². The largest absolute Gasteiger partial charge is 0.370 e. The lowest BCUT2D eigenvalue weighted by atomic mass is 9.86. The maximum atomic E-state index is 13.2. The van der Waals surface area contributed by atoms with Gasteiger partial charge in [0.25, 0.3) is 0 Å². The molecule has 1 aromatic carbocycles. The van der Waals surface area contributed by atoms with Crippen molar-refractivity contribution in [3.05, 3.63) is 58.0 Å². The maximum Gasteiger partial charge on any atom is 0.192 e. The van der Waals surface area contributed by atoms with Crippen LogP contribution in [-0.2, 0) is 12.1 Å². The highest BCUT2D eigenvalue weighted by atomic mass is 32.1. The monoisotopic (exact) mass is 303 g/mol. The quantitative estimate of drug-likeness (QED) is 0.941. The Hall–Kier alpha value is -1.88. The topological polar surface area (TPSA) is 41.6 Å². The van der Waals surface area contributed by atoms with Crippen LogP contribution < -0.4 is 5.73 Å². The molecule has 0 spiro atoms. The highest BCUT2D eigenvalue weighted by molar-refractivity contribution is 7.09. The van der Waals surface area contributed by atoms with Gasteiger partial charge in [-0.25, -0.2) is 4.39 Å². The van der Waals surface area contributed by atoms with Gasteiger partial charge in [0, 0.05) is 4.88 Å². The van der Waals surface area contributed by atoms with Crippen LogP contribution in [0.5, 0.6) is 0 Å². The Labute approximate surface area is 127 Å². The lowest BCUT2D eigenvalue weighted by Gasteiger charge is -2.39. The zero-order chi connectivity index (χ0) is 14.9. The highest BCUT2D eigenvalue weighted by Crippen LogP contribution is 2.37. The fraction of sp³-hybridized carbons (Fsp3) is 0.312. The number of benzene rings is 1. The number of rotatable bonds is 4. The van der Waals surface area contributed by atoms with Crippen LogP contribution in [0.15, 0.2) is 46.8 Å². The van der Waals surface area contributed by atoms with Gasteiger partial charge in [0.15, 0.2) is 5.96 Å². The molecule has 1 aliphatic heterocycles. The summed E-state index contributed by atoms with van der Waals surface area (Å²) in [4.78, 5) is 7.84. The zero-order valence-electron chi connectivity index (χ0n) is 11.9. The number of guanidine groups is 1. The molecule has 0 bridgehead atoms. The molecule has 1 aromatic heterocycles. The van der Waals surface area contributed by atoms with E-state index in [1.165, 1.54) is 17.0 Å². The highest BCUT2D eigenvalue weighted by Gasteiger charge is 2.42. The number of hydrogen-bond acceptors (Lipinski definition) is 4. The first-order valence-corrected chi connectivity index (χ1v) is 7.89. The summed E-state index contributed by atoms with van der Waals surface area (Å²) in [5, 5.41) is 2.06. The van der Waals surface area contributed by atoms with E-state index in [9.17, 15) is 4.39 Å². The molecule has 0 aliphatic carbocycles. The second-order valence-corrected chi connectivity index (χ2v) is 6.26. The molecular weight excluding hydrogens is 285 g/mol. The first-order chi connectivity index (χ1) is 10.2. The zero-order valence-corrected chi connectivity index (χ0v) is 12.7. The van der Waals surface area contributed by atoms with Gasteiger partial charge in [0.1, 0.15) is 5.82 Å². The van der Waals surface area contributed by atoms with Crippen LogP contribution in [0.3, 0.4) is 0 Å². The minimum Gasteiger partial charge on any atom is -0.370 e. The molecule has 0 fully saturated rings. The predicted molar refractivity (Wildman–Crippen MR) is 84.7 cm³/mol. The fourth-order valence-electron chi connectivity index (χ4n) is 2.91. The number of aliphatic imine (C=N–C) groups is 1. The standard InChI is InChI=1S/C16H18FN3S/c1-2-16(12-5-7-13(17)8-6-12)11-19-15(18)20(16)10-14-4-3-9-21-14/h3-9H,2,10-11H2,1H3,(H2,18,19). The van der Waals surface area contributed by atoms with Crippen molar-refractivity contribution in [2.24, 2.45) is 10.7 Å². The summed E-state index contributed by atoms with van der Waals surface area (Å²) in [6.07, 6.45) is 0.869. The Morgan fingerprint density at radius 3 is 2.71 bits per heavy atom. The summed E-state index contributed by atoms with van der Waals surface area (Å²) in [6.45, 7) is 3.48. The number of halogens is 1. The molecule has 21 heavy (non-hydrogen) atoms. The third-order valence-corrected chi connectivity index (χ3v) is 5.02. The van der Waals surface area contributed by atoms with Crippen LogP contribution in [-0.4, -0.2) is 17.4 Å². The van der Waals surface area contributed by atoms with Crippen LogP contribution >= 0.6 is 11.3 Å². The predicted octanol–water partition coefficient (Wildman–Crippen LogP) is 3.32. The van der Waals surface area contributed by atoms with Crippen molar-refractivity contribution in [2.45, 2.75) is 25.4 Å². The molecule has 5 heteroatoms. The molecule has 0 saturated carbocycles. The van der Waals surface area contributed by atoms with Crippen LogP contribution in [0.1, 0.15) is 23.8 Å². The SMILES string of the molecule is CCC1(c2ccc(F)cc2)CN=C(N)N1Cc1cccs1. The van der Waals surface area contributed by atoms with Crippen molar-refractivity contribution in [3.8, 4) is 0 Å². The van der Waals surface area contributed by atoms with Gasteiger partial charge in [-0.1, -0.05) is 25.1 Å². The van der Waals surface area contributed by atoms with Gasteiger partial charge in [-0.3, -0.25) is 4.99 Å². The minimum absolute atomic E-state index is 0.221. The Kier molecular flexibility index (Phi) is 3.68. The first kappa shape index (κ1) is 14.1. The molecule has 0 amide bonds. The minimum atomic E-state index is -0.276. The Morgan fingerprint density at radius 1 is 1.33 bits per heavy atom. The van der Waals surface area contributed by atoms with Crippen molar-refractivity contribution in [1.82, 2.24) is 4.90 Å². The maximum absolute atomic E-state index is 13.2. The van der Waals surface area contributed by atoms with Crippen LogP contribution in [0.2, 0.25) is 0 Å². The van der Waals surface area contributed by atoms with Gasteiger partial charge in [-0.15, -0.1) is 11.3 Å². The fourth-order valence-corrected chi connectivity index (χ4v) is 3.60. The van der Waals surface area contributed by atoms with Crippen molar-refractivity contribution in [1.29, 1.82) is 0 Å². The summed E-state index contributed by atoms with van der Waals surface area (Å²) in [6, 6.07) is 10.8. The molecule has 110 valence electrons. The molecule has 3 rings (SSSR count). The lowest BCUT2D eigenvalue weighted by Crippen LogP contribution is -2.48. The summed E-state index contributed by atoms with van der Waals surface area (Å²) in [5.41, 5.74) is 6.91. The summed E-state index contributed by atoms with van der Waals surface area (Å²) in [5.74, 6) is 0.344. The molecule has 3 nitrogen and oxygen atoms in total. The number of thiophene rings is 1. The average Bonchev–Trinajstić information content (AvgIpc) is 3.11. The van der Waals surface area contributed by atoms with E-state index in [1.807, 2.05) is 18.2 Å². The van der Waals surface area contributed by atoms with Gasteiger partial charge in [-0.2, -0.15) is 0 Å². The van der Waals surface area contributed by atoms with E-state index in [2.05, 4.69) is 28.3 Å². The third kappa shape index (κ3) is 2.42. The molecule has 1 aliphatic rings. The molecule has 2 heterocycles. The second-order valence-electron chi connectivity index (χ2n) is 5.23. The van der Waals surface area contributed by atoms with E-state index in [4.69, 9.17) is 5.73 Å². The van der Waals surface area contributed by atoms with Crippen LogP contribution in [0.4, 0.5) is 4.39 Å². The van der Waals surface area contributed by atoms with Crippen molar-refractivity contribution in [3.63, 3.8) is 0 Å². The number of hydrogen-bond donors (Lipinski definition) is 1. The molecule has 0 radical (unpaired) electrons. The number of nitrogens with zero attached hydrogens (tertiary/aromatic N) is 2. The van der Waals surface area contributed by atoms with Gasteiger partial charge >= 0.3 is 0 Å². The van der Waals surface area contributed by atoms with Crippen molar-refractivity contribution in [2.75, 3.05) is 6.54 Å². The van der Waals surface area contributed by atoms with E-state index in [1.54, 1.807) is 11.3 Å². The van der Waals surface area contributed by atoms with E-state index < -0.39 is 0 Å². The molecular formula is C16H18FN3S. The Morgan fingerprint density at radius 2 is 2.10 bits per heavy atom. The van der Waals surface area contributed by atoms with Gasteiger partial charge in [0.2, 0.25) is 0 Å². The summed E-state index contributed by atoms with van der Waals surface area (Å²) < 4.78 is 13.2. The normalized spacial score (nSPS) is 21.6. The molecule has 2 aromatic rings. The average molecular weight is 303 g/mol. The number of nitrogens with two attached hydrogens (primary N) is 1. The van der Waals surface area contributed by atoms with E-state index in [-0.39, 0.29) is 11.4 Å². The van der Waals surface area contributed by atoms with E-state index in [0.29, 0.717) is 12.5 Å². The van der Waals surface area contributed by atoms with E-state index >= 15 is 0 Å². The molecule has 2 N–H and O–H groups in total. The van der Waals surface area contributed by atoms with Gasteiger partial charge in [0.05, 0.1) is 18.6 Å². The summed E-state index contributed by atoms with van der Waals surface area (Å²) in [7, 11) is 0. The Balaban J connectivity index is 1.97. The van der Waals surface area contributed by atoms with E-state index in [0.717, 1.165) is 18.5 Å². The molecule has 1 atom stereocenters. The second kappa shape index (κ2) is 5.48. The van der Waals surface area contributed by atoms with Crippen LogP contribution in [0.25, 0.3) is 0 Å². The van der Waals surface area contributed by atoms with Gasteiger partial charge < -0.3 is 10.6 Å². The third-order valence-electron chi connectivity index (χ3n) is 4.16. The summed E-state index contributed by atoms with van der Waals surface area (Å²) >= 11 is 1.71. The van der Waals surface area contributed by atoms with Gasteiger partial charge in [-0.05, 0) is 35.6 Å². The molecule has 0 saturated heterocycles.